The summed E-state index contributed by atoms with van der Waals surface area (Å²) in [4.78, 5) is 44.8. The lowest BCUT2D eigenvalue weighted by Crippen LogP contribution is -2.32. The maximum absolute atomic E-state index is 12.4. The number of aromatic nitrogens is 2. The quantitative estimate of drug-likeness (QED) is 0.100. The zero-order valence-electron chi connectivity index (χ0n) is 21.9. The number of anilines is 1. The highest BCUT2D eigenvalue weighted by molar-refractivity contribution is 7.99. The summed E-state index contributed by atoms with van der Waals surface area (Å²) in [6.45, 7) is 4.13. The first-order chi connectivity index (χ1) is 18.5. The highest BCUT2D eigenvalue weighted by Gasteiger charge is 2.22. The van der Waals surface area contributed by atoms with Crippen LogP contribution in [0, 0.1) is 0 Å². The standard InChI is InChI=1S/C28H35N3O5S2/c1-3-35-26(33)17-15-22(27(34)36-4-2)29-25-16-14-21(38-25)13-9-6-10-18-37-28-30-23(19-24(32)31-28)20-11-7-5-8-12-20/h5,7-8,11-12,14,16,19,22,29H,3-4,6,9-10,13,15,17-18H2,1-2H3,(H,30,31,32)/t22-/m0/s1. The van der Waals surface area contributed by atoms with Gasteiger partial charge < -0.3 is 19.8 Å². The van der Waals surface area contributed by atoms with Crippen molar-refractivity contribution in [2.45, 2.75) is 63.6 Å². The van der Waals surface area contributed by atoms with Gasteiger partial charge in [0.1, 0.15) is 6.04 Å². The minimum Gasteiger partial charge on any atom is -0.466 e. The smallest absolute Gasteiger partial charge is 0.328 e. The number of aromatic amines is 1. The fourth-order valence-electron chi connectivity index (χ4n) is 3.76. The first-order valence-corrected chi connectivity index (χ1v) is 14.8. The van der Waals surface area contributed by atoms with E-state index in [4.69, 9.17) is 9.47 Å². The Morgan fingerprint density at radius 2 is 1.84 bits per heavy atom. The minimum absolute atomic E-state index is 0.144. The maximum Gasteiger partial charge on any atom is 0.328 e. The number of rotatable bonds is 16. The van der Waals surface area contributed by atoms with Gasteiger partial charge in [-0.1, -0.05) is 48.5 Å². The zero-order chi connectivity index (χ0) is 27.2. The maximum atomic E-state index is 12.4. The molecule has 2 N–H and O–H groups in total. The van der Waals surface area contributed by atoms with Crippen molar-refractivity contribution in [3.63, 3.8) is 0 Å². The molecular formula is C28H35N3O5S2. The van der Waals surface area contributed by atoms with Crippen molar-refractivity contribution in [2.75, 3.05) is 24.3 Å². The molecule has 3 aromatic rings. The van der Waals surface area contributed by atoms with E-state index in [1.165, 1.54) is 10.9 Å². The molecule has 0 aliphatic rings. The van der Waals surface area contributed by atoms with Gasteiger partial charge in [-0.2, -0.15) is 0 Å². The number of unbranched alkanes of at least 4 members (excludes halogenated alkanes) is 2. The monoisotopic (exact) mass is 557 g/mol. The van der Waals surface area contributed by atoms with Crippen molar-refractivity contribution >= 4 is 40.0 Å². The van der Waals surface area contributed by atoms with Gasteiger partial charge in [-0.25, -0.2) is 9.78 Å². The summed E-state index contributed by atoms with van der Waals surface area (Å²) >= 11 is 3.18. The van der Waals surface area contributed by atoms with Gasteiger partial charge in [0, 0.05) is 28.7 Å². The summed E-state index contributed by atoms with van der Waals surface area (Å²) in [5, 5.41) is 4.75. The average molecular weight is 558 g/mol. The van der Waals surface area contributed by atoms with Crippen LogP contribution < -0.4 is 10.9 Å². The number of benzene rings is 1. The molecule has 38 heavy (non-hydrogen) atoms. The van der Waals surface area contributed by atoms with Gasteiger partial charge in [-0.15, -0.1) is 11.3 Å². The van der Waals surface area contributed by atoms with Gasteiger partial charge in [0.25, 0.3) is 5.56 Å². The van der Waals surface area contributed by atoms with E-state index in [1.807, 2.05) is 36.4 Å². The Kier molecular flexibility index (Phi) is 12.4. The third kappa shape index (κ3) is 9.98. The topological polar surface area (TPSA) is 110 Å². The Labute approximate surface area is 231 Å². The highest BCUT2D eigenvalue weighted by atomic mass is 32.2. The number of thiophene rings is 1. The normalized spacial score (nSPS) is 11.6. The van der Waals surface area contributed by atoms with Crippen molar-refractivity contribution in [1.82, 2.24) is 9.97 Å². The summed E-state index contributed by atoms with van der Waals surface area (Å²) in [5.41, 5.74) is 1.47. The predicted molar refractivity (Wildman–Crippen MR) is 153 cm³/mol. The molecule has 0 saturated carbocycles. The first kappa shape index (κ1) is 29.4. The van der Waals surface area contributed by atoms with Crippen molar-refractivity contribution in [3.05, 3.63) is 63.8 Å². The van der Waals surface area contributed by atoms with Gasteiger partial charge in [0.15, 0.2) is 5.16 Å². The van der Waals surface area contributed by atoms with Gasteiger partial charge in [-0.3, -0.25) is 9.59 Å². The molecule has 0 unspecified atom stereocenters. The van der Waals surface area contributed by atoms with Crippen molar-refractivity contribution < 1.29 is 19.1 Å². The van der Waals surface area contributed by atoms with Crippen molar-refractivity contribution in [3.8, 4) is 11.3 Å². The third-order valence-electron chi connectivity index (χ3n) is 5.59. The Morgan fingerprint density at radius 1 is 1.05 bits per heavy atom. The molecule has 0 radical (unpaired) electrons. The molecule has 1 aromatic carbocycles. The largest absolute Gasteiger partial charge is 0.466 e. The number of H-pyrrole nitrogens is 1. The molecule has 3 rings (SSSR count). The molecular weight excluding hydrogens is 522 g/mol. The number of hydrogen-bond acceptors (Lipinski definition) is 9. The van der Waals surface area contributed by atoms with E-state index in [0.717, 1.165) is 42.0 Å². The molecule has 2 heterocycles. The second kappa shape index (κ2) is 16.0. The molecule has 0 fully saturated rings. The van der Waals surface area contributed by atoms with Crippen LogP contribution in [0.5, 0.6) is 0 Å². The van der Waals surface area contributed by atoms with Crippen LogP contribution in [0.15, 0.2) is 58.5 Å². The lowest BCUT2D eigenvalue weighted by molar-refractivity contribution is -0.145. The average Bonchev–Trinajstić information content (AvgIpc) is 3.36. The van der Waals surface area contributed by atoms with Gasteiger partial charge >= 0.3 is 11.9 Å². The summed E-state index contributed by atoms with van der Waals surface area (Å²) in [6.07, 6.45) is 4.53. The lowest BCUT2D eigenvalue weighted by atomic mass is 10.1. The van der Waals surface area contributed by atoms with E-state index in [-0.39, 0.29) is 30.5 Å². The van der Waals surface area contributed by atoms with E-state index < -0.39 is 6.04 Å². The molecule has 1 atom stereocenters. The third-order valence-corrected chi connectivity index (χ3v) is 7.62. The summed E-state index contributed by atoms with van der Waals surface area (Å²) in [7, 11) is 0. The highest BCUT2D eigenvalue weighted by Crippen LogP contribution is 2.26. The minimum atomic E-state index is -0.594. The van der Waals surface area contributed by atoms with Crippen LogP contribution in [0.25, 0.3) is 11.3 Å². The van der Waals surface area contributed by atoms with Crippen molar-refractivity contribution in [2.24, 2.45) is 0 Å². The SMILES string of the molecule is CCOC(=O)CC[C@H](Nc1ccc(CCCCCSc2nc(-c3ccccc3)cc(=O)[nH]2)s1)C(=O)OCC. The molecule has 8 nitrogen and oxygen atoms in total. The molecule has 0 spiro atoms. The number of nitrogens with zero attached hydrogens (tertiary/aromatic N) is 1. The molecule has 0 aliphatic heterocycles. The number of carbonyl (C=O) groups is 2. The predicted octanol–water partition coefficient (Wildman–Crippen LogP) is 5.69. The van der Waals surface area contributed by atoms with E-state index >= 15 is 0 Å². The van der Waals surface area contributed by atoms with Crippen molar-refractivity contribution in [1.29, 1.82) is 0 Å². The molecule has 0 bridgehead atoms. The Bertz CT molecular complexity index is 1210. The summed E-state index contributed by atoms with van der Waals surface area (Å²) in [6, 6.07) is 14.7. The van der Waals surface area contributed by atoms with Gasteiger partial charge in [0.2, 0.25) is 0 Å². The van der Waals surface area contributed by atoms with Crippen LogP contribution in [0.1, 0.15) is 50.8 Å². The molecule has 204 valence electrons. The number of esters is 2. The van der Waals surface area contributed by atoms with Crippen LogP contribution >= 0.6 is 23.1 Å². The van der Waals surface area contributed by atoms with E-state index in [1.54, 1.807) is 36.9 Å². The molecule has 10 heteroatoms. The fourth-order valence-corrected chi connectivity index (χ4v) is 5.64. The van der Waals surface area contributed by atoms with Gasteiger partial charge in [-0.05, 0) is 51.7 Å². The number of nitrogens with one attached hydrogen (secondary N) is 2. The number of aryl methyl sites for hydroxylation is 1. The lowest BCUT2D eigenvalue weighted by Gasteiger charge is -2.16. The zero-order valence-corrected chi connectivity index (χ0v) is 23.5. The van der Waals surface area contributed by atoms with Crippen LogP contribution in [-0.2, 0) is 25.5 Å². The van der Waals surface area contributed by atoms with E-state index in [0.29, 0.717) is 23.9 Å². The van der Waals surface area contributed by atoms with E-state index in [2.05, 4.69) is 21.4 Å². The number of hydrogen-bond donors (Lipinski definition) is 2. The number of carbonyl (C=O) groups excluding carboxylic acids is 2. The fraction of sp³-hybridized carbons (Fsp3) is 0.429. The van der Waals surface area contributed by atoms with E-state index in [9.17, 15) is 14.4 Å². The Balaban J connectivity index is 1.41. The molecule has 0 saturated heterocycles. The number of thioether (sulfide) groups is 1. The second-order valence-corrected chi connectivity index (χ2v) is 10.8. The molecule has 0 amide bonds. The first-order valence-electron chi connectivity index (χ1n) is 13.0. The Hall–Kier alpha value is -3.11. The molecule has 2 aromatic heterocycles. The molecule has 0 aliphatic carbocycles. The summed E-state index contributed by atoms with van der Waals surface area (Å²) in [5.74, 6) is 0.189. The second-order valence-electron chi connectivity index (χ2n) is 8.52. The number of ether oxygens (including phenoxy) is 2. The van der Waals surface area contributed by atoms with Gasteiger partial charge in [0.05, 0.1) is 23.9 Å². The van der Waals surface area contributed by atoms with Crippen LogP contribution in [0.3, 0.4) is 0 Å². The van der Waals surface area contributed by atoms with Crippen LogP contribution in [-0.4, -0.2) is 46.9 Å². The Morgan fingerprint density at radius 3 is 2.61 bits per heavy atom. The van der Waals surface area contributed by atoms with Crippen LogP contribution in [0.2, 0.25) is 0 Å². The summed E-state index contributed by atoms with van der Waals surface area (Å²) < 4.78 is 10.1. The van der Waals surface area contributed by atoms with Crippen LogP contribution in [0.4, 0.5) is 5.00 Å².